The van der Waals surface area contributed by atoms with Crippen LogP contribution in [0.3, 0.4) is 0 Å². The van der Waals surface area contributed by atoms with Crippen molar-refractivity contribution in [1.82, 2.24) is 4.90 Å². The number of benzene rings is 3. The van der Waals surface area contributed by atoms with Crippen molar-refractivity contribution in [2.45, 2.75) is 12.8 Å². The summed E-state index contributed by atoms with van der Waals surface area (Å²) < 4.78 is 0. The van der Waals surface area contributed by atoms with Crippen LogP contribution in [0.1, 0.15) is 24.0 Å². The van der Waals surface area contributed by atoms with Gasteiger partial charge in [-0.3, -0.25) is 9.98 Å². The number of para-hydroxylation sites is 2. The zero-order valence-corrected chi connectivity index (χ0v) is 16.3. The van der Waals surface area contributed by atoms with E-state index in [1.54, 1.807) is 0 Å². The topological polar surface area (TPSA) is 28.0 Å². The zero-order chi connectivity index (χ0) is 19.2. The summed E-state index contributed by atoms with van der Waals surface area (Å²) in [6, 6.07) is 29.1. The molecule has 0 unspecified atom stereocenters. The van der Waals surface area contributed by atoms with E-state index in [2.05, 4.69) is 72.6 Å². The summed E-state index contributed by atoms with van der Waals surface area (Å²) in [7, 11) is 2.18. The Bertz CT molecular complexity index is 894. The van der Waals surface area contributed by atoms with Crippen LogP contribution >= 0.6 is 0 Å². The van der Waals surface area contributed by atoms with Crippen LogP contribution < -0.4 is 0 Å². The Hall–Kier alpha value is -3.04. The third kappa shape index (κ3) is 4.44. The molecular weight excluding hydrogens is 342 g/mol. The van der Waals surface area contributed by atoms with Gasteiger partial charge in [0.25, 0.3) is 0 Å². The Balaban J connectivity index is 1.83. The van der Waals surface area contributed by atoms with Crippen LogP contribution in [0.4, 0.5) is 11.4 Å². The molecule has 1 aliphatic rings. The van der Waals surface area contributed by atoms with Crippen molar-refractivity contribution in [3.63, 3.8) is 0 Å². The van der Waals surface area contributed by atoms with Gasteiger partial charge in [0.1, 0.15) is 0 Å². The summed E-state index contributed by atoms with van der Waals surface area (Å²) in [5, 5.41) is 0. The monoisotopic (exact) mass is 367 g/mol. The fourth-order valence-electron chi connectivity index (χ4n) is 3.44. The van der Waals surface area contributed by atoms with Gasteiger partial charge in [-0.2, -0.15) is 0 Å². The number of hydrogen-bond acceptors (Lipinski definition) is 3. The van der Waals surface area contributed by atoms with E-state index in [-0.39, 0.29) is 0 Å². The maximum atomic E-state index is 5.06. The van der Waals surface area contributed by atoms with Crippen molar-refractivity contribution in [2.24, 2.45) is 9.98 Å². The minimum atomic E-state index is 0.912. The molecule has 0 amide bonds. The van der Waals surface area contributed by atoms with Gasteiger partial charge in [-0.05, 0) is 30.3 Å². The molecule has 0 bridgehead atoms. The maximum absolute atomic E-state index is 5.06. The van der Waals surface area contributed by atoms with Crippen molar-refractivity contribution < 1.29 is 0 Å². The molecule has 0 saturated heterocycles. The van der Waals surface area contributed by atoms with E-state index in [0.717, 1.165) is 48.7 Å². The summed E-state index contributed by atoms with van der Waals surface area (Å²) in [6.45, 7) is 1.94. The molecule has 0 saturated carbocycles. The number of aliphatic imine (C=N–C) groups is 2. The van der Waals surface area contributed by atoms with Gasteiger partial charge in [0.05, 0.1) is 11.4 Å². The van der Waals surface area contributed by atoms with E-state index in [9.17, 15) is 0 Å². The van der Waals surface area contributed by atoms with Crippen LogP contribution in [-0.4, -0.2) is 36.5 Å². The Morgan fingerprint density at radius 3 is 1.39 bits per heavy atom. The van der Waals surface area contributed by atoms with Crippen LogP contribution in [0.25, 0.3) is 0 Å². The molecular formula is C25H25N3. The molecule has 1 heterocycles. The largest absolute Gasteiger partial charge is 0.306 e. The predicted octanol–water partition coefficient (Wildman–Crippen LogP) is 5.65. The lowest BCUT2D eigenvalue weighted by Gasteiger charge is -2.17. The summed E-state index contributed by atoms with van der Waals surface area (Å²) in [6.07, 6.45) is 1.82. The lowest BCUT2D eigenvalue weighted by molar-refractivity contribution is 0.355. The standard InChI is InChI=1S/C25H25N3/c1-28-18-16-22(20-10-4-2-5-11-20)26-24-14-8-9-15-25(24)27-23(17-19-28)21-12-6-3-7-13-21/h2-15H,16-19H2,1H3. The maximum Gasteiger partial charge on any atom is 0.0889 e. The van der Waals surface area contributed by atoms with Gasteiger partial charge >= 0.3 is 0 Å². The van der Waals surface area contributed by atoms with Gasteiger partial charge in [0.2, 0.25) is 0 Å². The minimum Gasteiger partial charge on any atom is -0.306 e. The Kier molecular flexibility index (Phi) is 5.74. The van der Waals surface area contributed by atoms with Crippen LogP contribution in [0.2, 0.25) is 0 Å². The van der Waals surface area contributed by atoms with Gasteiger partial charge < -0.3 is 4.90 Å². The van der Waals surface area contributed by atoms with E-state index in [0.29, 0.717) is 0 Å². The molecule has 3 aromatic carbocycles. The van der Waals surface area contributed by atoms with Gasteiger partial charge in [-0.1, -0.05) is 72.8 Å². The molecule has 0 aliphatic carbocycles. The molecule has 0 N–H and O–H groups in total. The molecule has 0 aromatic heterocycles. The fourth-order valence-corrected chi connectivity index (χ4v) is 3.44. The van der Waals surface area contributed by atoms with E-state index >= 15 is 0 Å². The highest BCUT2D eigenvalue weighted by molar-refractivity contribution is 6.05. The number of nitrogens with zero attached hydrogens (tertiary/aromatic N) is 3. The molecule has 4 rings (SSSR count). The molecule has 3 nitrogen and oxygen atoms in total. The Labute approximate surface area is 167 Å². The summed E-state index contributed by atoms with van der Waals surface area (Å²) in [5.41, 5.74) is 6.43. The quantitative estimate of drug-likeness (QED) is 0.575. The third-order valence-corrected chi connectivity index (χ3v) is 5.07. The van der Waals surface area contributed by atoms with Crippen molar-refractivity contribution in [3.8, 4) is 0 Å². The molecule has 1 aliphatic heterocycles. The normalized spacial score (nSPS) is 15.8. The van der Waals surface area contributed by atoms with Crippen LogP contribution in [0.15, 0.2) is 94.9 Å². The first kappa shape index (κ1) is 18.3. The molecule has 0 radical (unpaired) electrons. The van der Waals surface area contributed by atoms with E-state index < -0.39 is 0 Å². The predicted molar refractivity (Wildman–Crippen MR) is 118 cm³/mol. The van der Waals surface area contributed by atoms with E-state index in [1.807, 2.05) is 24.3 Å². The van der Waals surface area contributed by atoms with Crippen molar-refractivity contribution in [3.05, 3.63) is 96.1 Å². The van der Waals surface area contributed by atoms with E-state index in [4.69, 9.17) is 9.98 Å². The zero-order valence-electron chi connectivity index (χ0n) is 16.3. The molecule has 0 spiro atoms. The van der Waals surface area contributed by atoms with Gasteiger partial charge in [0.15, 0.2) is 0 Å². The first-order chi connectivity index (χ1) is 13.8. The SMILES string of the molecule is CN1CCC(c2ccccc2)=Nc2ccccc2N=C(c2ccccc2)CC1. The molecule has 140 valence electrons. The van der Waals surface area contributed by atoms with Crippen molar-refractivity contribution in [2.75, 3.05) is 20.1 Å². The third-order valence-electron chi connectivity index (χ3n) is 5.07. The Morgan fingerprint density at radius 2 is 0.964 bits per heavy atom. The van der Waals surface area contributed by atoms with Crippen LogP contribution in [-0.2, 0) is 0 Å². The second-order valence-corrected chi connectivity index (χ2v) is 7.14. The lowest BCUT2D eigenvalue weighted by atomic mass is 10.1. The first-order valence-electron chi connectivity index (χ1n) is 9.83. The summed E-state index contributed by atoms with van der Waals surface area (Å²) in [4.78, 5) is 12.5. The molecule has 0 fully saturated rings. The Morgan fingerprint density at radius 1 is 0.571 bits per heavy atom. The summed E-state index contributed by atoms with van der Waals surface area (Å²) in [5.74, 6) is 0. The fraction of sp³-hybridized carbons (Fsp3) is 0.200. The lowest BCUT2D eigenvalue weighted by Crippen LogP contribution is -2.25. The minimum absolute atomic E-state index is 0.912. The highest BCUT2D eigenvalue weighted by Gasteiger charge is 2.12. The number of fused-ring (bicyclic) bond motifs is 1. The number of hydrogen-bond donors (Lipinski definition) is 0. The second kappa shape index (κ2) is 8.77. The highest BCUT2D eigenvalue weighted by atomic mass is 15.1. The van der Waals surface area contributed by atoms with Crippen LogP contribution in [0.5, 0.6) is 0 Å². The average Bonchev–Trinajstić information content (AvgIpc) is 2.78. The highest BCUT2D eigenvalue weighted by Crippen LogP contribution is 2.30. The van der Waals surface area contributed by atoms with E-state index in [1.165, 1.54) is 11.1 Å². The summed E-state index contributed by atoms with van der Waals surface area (Å²) >= 11 is 0. The van der Waals surface area contributed by atoms with Crippen molar-refractivity contribution >= 4 is 22.8 Å². The van der Waals surface area contributed by atoms with Gasteiger partial charge in [-0.15, -0.1) is 0 Å². The molecule has 28 heavy (non-hydrogen) atoms. The molecule has 3 heteroatoms. The van der Waals surface area contributed by atoms with Crippen molar-refractivity contribution in [1.29, 1.82) is 0 Å². The van der Waals surface area contributed by atoms with Crippen LogP contribution in [0, 0.1) is 0 Å². The second-order valence-electron chi connectivity index (χ2n) is 7.14. The average molecular weight is 367 g/mol. The van der Waals surface area contributed by atoms with Gasteiger partial charge in [-0.25, -0.2) is 0 Å². The first-order valence-corrected chi connectivity index (χ1v) is 9.83. The number of rotatable bonds is 2. The van der Waals surface area contributed by atoms with Gasteiger partial charge in [0, 0.05) is 37.4 Å². The smallest absolute Gasteiger partial charge is 0.0889 e. The molecule has 3 aromatic rings. The molecule has 0 atom stereocenters.